The molecule has 2 N–H and O–H groups in total. The minimum Gasteiger partial charge on any atom is -0.477 e. The topological polar surface area (TPSA) is 113 Å². The number of aliphatic hydroxyl groups is 1. The molecule has 9 heteroatoms. The van der Waals surface area contributed by atoms with Crippen LogP contribution in [-0.2, 0) is 9.59 Å². The Morgan fingerprint density at radius 2 is 2.24 bits per heavy atom. The average molecular weight is 365 g/mol. The molecule has 0 bridgehead atoms. The van der Waals surface area contributed by atoms with Crippen LogP contribution in [0.1, 0.15) is 13.8 Å². The zero-order valence-electron chi connectivity index (χ0n) is 14.0. The number of nitrogens with zero attached hydrogens (tertiary/aromatic N) is 3. The molecule has 0 spiro atoms. The van der Waals surface area contributed by atoms with Gasteiger partial charge in [0.1, 0.15) is 10.7 Å². The standard InChI is InChI=1S/C16H19N3O5S/c1-7-9(6-25-10-4-5-17-16(18-10)24-3)13(15(22)23)19-12(7)11(8(2)20)14(19)21/h4-5,7-8,11-12,20H,6H2,1-3H3,(H,22,23)/t7-,8+,11?,12?/m0/s1. The summed E-state index contributed by atoms with van der Waals surface area (Å²) in [7, 11) is 1.47. The number of amides is 1. The third-order valence-corrected chi connectivity index (χ3v) is 5.66. The number of rotatable bonds is 6. The molecule has 1 fully saturated rings. The number of methoxy groups -OCH3 is 1. The molecule has 1 aromatic rings. The van der Waals surface area contributed by atoms with Crippen LogP contribution in [0.5, 0.6) is 6.01 Å². The van der Waals surface area contributed by atoms with Gasteiger partial charge >= 0.3 is 12.0 Å². The van der Waals surface area contributed by atoms with Crippen LogP contribution in [0.15, 0.2) is 28.6 Å². The van der Waals surface area contributed by atoms with E-state index in [1.807, 2.05) is 6.92 Å². The molecule has 0 aliphatic carbocycles. The van der Waals surface area contributed by atoms with E-state index in [9.17, 15) is 19.8 Å². The third-order valence-electron chi connectivity index (χ3n) is 4.68. The number of fused-ring (bicyclic) bond motifs is 1. The lowest BCUT2D eigenvalue weighted by molar-refractivity contribution is -0.163. The second kappa shape index (κ2) is 6.64. The molecule has 4 atom stereocenters. The summed E-state index contributed by atoms with van der Waals surface area (Å²) in [6.45, 7) is 3.46. The van der Waals surface area contributed by atoms with Gasteiger partial charge in [-0.3, -0.25) is 4.79 Å². The number of hydrogen-bond donors (Lipinski definition) is 2. The molecule has 2 aliphatic rings. The molecule has 0 saturated carbocycles. The van der Waals surface area contributed by atoms with Crippen molar-refractivity contribution in [2.75, 3.05) is 12.9 Å². The lowest BCUT2D eigenvalue weighted by atomic mass is 9.78. The minimum absolute atomic E-state index is 0.0351. The molecule has 3 rings (SSSR count). The fourth-order valence-electron chi connectivity index (χ4n) is 3.49. The Morgan fingerprint density at radius 3 is 2.84 bits per heavy atom. The zero-order chi connectivity index (χ0) is 18.3. The van der Waals surface area contributed by atoms with Crippen molar-refractivity contribution in [1.29, 1.82) is 0 Å². The number of carboxylic acid groups (broad SMARTS) is 1. The zero-order valence-corrected chi connectivity index (χ0v) is 14.9. The van der Waals surface area contributed by atoms with Crippen LogP contribution in [-0.4, -0.2) is 62.0 Å². The van der Waals surface area contributed by atoms with Crippen molar-refractivity contribution in [3.63, 3.8) is 0 Å². The van der Waals surface area contributed by atoms with E-state index in [1.165, 1.54) is 23.8 Å². The van der Waals surface area contributed by atoms with E-state index in [0.29, 0.717) is 16.4 Å². The molecule has 3 heterocycles. The number of aliphatic hydroxyl groups excluding tert-OH is 1. The van der Waals surface area contributed by atoms with Crippen LogP contribution in [0.2, 0.25) is 0 Å². The number of ether oxygens (including phenoxy) is 1. The van der Waals surface area contributed by atoms with Crippen LogP contribution in [0.4, 0.5) is 0 Å². The van der Waals surface area contributed by atoms with Crippen molar-refractivity contribution >= 4 is 23.6 Å². The summed E-state index contributed by atoms with van der Waals surface area (Å²) in [5, 5.41) is 20.1. The van der Waals surface area contributed by atoms with Gasteiger partial charge in [-0.2, -0.15) is 4.98 Å². The SMILES string of the molecule is COc1nccc(SCC2=C(C(=O)O)N3C(=O)C([C@@H](C)O)C3[C@H]2C)n1. The smallest absolute Gasteiger partial charge is 0.352 e. The van der Waals surface area contributed by atoms with Gasteiger partial charge in [0.25, 0.3) is 0 Å². The van der Waals surface area contributed by atoms with Gasteiger partial charge in [-0.1, -0.05) is 6.92 Å². The fraction of sp³-hybridized carbons (Fsp3) is 0.500. The number of aromatic nitrogens is 2. The Bertz CT molecular complexity index is 751. The quantitative estimate of drug-likeness (QED) is 0.432. The first-order valence-corrected chi connectivity index (χ1v) is 8.82. The number of carbonyl (C=O) groups is 2. The molecule has 2 unspecified atom stereocenters. The van der Waals surface area contributed by atoms with Gasteiger partial charge in [-0.25, -0.2) is 9.78 Å². The van der Waals surface area contributed by atoms with Gasteiger partial charge < -0.3 is 19.8 Å². The normalized spacial score (nSPS) is 26.3. The van der Waals surface area contributed by atoms with E-state index in [2.05, 4.69) is 9.97 Å². The Hall–Kier alpha value is -2.13. The first-order chi connectivity index (χ1) is 11.9. The van der Waals surface area contributed by atoms with Crippen molar-refractivity contribution in [2.24, 2.45) is 11.8 Å². The molecule has 1 aromatic heterocycles. The first-order valence-electron chi connectivity index (χ1n) is 7.84. The average Bonchev–Trinajstić information content (AvgIpc) is 2.81. The number of carbonyl (C=O) groups excluding carboxylic acids is 1. The Balaban J connectivity index is 1.84. The molecule has 8 nitrogen and oxygen atoms in total. The highest BCUT2D eigenvalue weighted by molar-refractivity contribution is 7.99. The summed E-state index contributed by atoms with van der Waals surface area (Å²) < 4.78 is 4.98. The summed E-state index contributed by atoms with van der Waals surface area (Å²) in [5.41, 5.74) is 0.713. The van der Waals surface area contributed by atoms with Gasteiger partial charge in [0, 0.05) is 17.9 Å². The maximum atomic E-state index is 12.3. The van der Waals surface area contributed by atoms with Crippen molar-refractivity contribution in [3.05, 3.63) is 23.5 Å². The Kier molecular flexibility index (Phi) is 4.70. The van der Waals surface area contributed by atoms with Crippen molar-refractivity contribution in [2.45, 2.75) is 31.0 Å². The number of carboxylic acids is 1. The van der Waals surface area contributed by atoms with E-state index in [4.69, 9.17) is 4.74 Å². The predicted octanol–water partition coefficient (Wildman–Crippen LogP) is 0.773. The van der Waals surface area contributed by atoms with E-state index < -0.39 is 18.0 Å². The summed E-state index contributed by atoms with van der Waals surface area (Å²) in [6, 6.07) is 1.66. The van der Waals surface area contributed by atoms with Gasteiger partial charge in [-0.05, 0) is 18.6 Å². The lowest BCUT2D eigenvalue weighted by Gasteiger charge is -2.46. The molecule has 0 aromatic carbocycles. The van der Waals surface area contributed by atoms with Crippen LogP contribution < -0.4 is 4.74 Å². The second-order valence-corrected chi connectivity index (χ2v) is 7.10. The predicted molar refractivity (Wildman–Crippen MR) is 88.9 cm³/mol. The summed E-state index contributed by atoms with van der Waals surface area (Å²) in [5.74, 6) is -1.75. The first kappa shape index (κ1) is 17.7. The van der Waals surface area contributed by atoms with Crippen LogP contribution in [0.3, 0.4) is 0 Å². The monoisotopic (exact) mass is 365 g/mol. The number of aliphatic carboxylic acids is 1. The van der Waals surface area contributed by atoms with Crippen molar-refractivity contribution in [1.82, 2.24) is 14.9 Å². The number of hydrogen-bond acceptors (Lipinski definition) is 7. The highest BCUT2D eigenvalue weighted by Gasteiger charge is 2.59. The maximum absolute atomic E-state index is 12.3. The third kappa shape index (κ3) is 2.87. The molecule has 25 heavy (non-hydrogen) atoms. The number of β-lactam (4-membered cyclic amide) rings is 1. The minimum atomic E-state index is -1.12. The summed E-state index contributed by atoms with van der Waals surface area (Å²) in [4.78, 5) is 33.4. The maximum Gasteiger partial charge on any atom is 0.352 e. The highest BCUT2D eigenvalue weighted by Crippen LogP contribution is 2.48. The van der Waals surface area contributed by atoms with E-state index in [1.54, 1.807) is 19.2 Å². The molecule has 134 valence electrons. The van der Waals surface area contributed by atoms with E-state index >= 15 is 0 Å². The van der Waals surface area contributed by atoms with Gasteiger partial charge in [0.15, 0.2) is 0 Å². The molecule has 2 aliphatic heterocycles. The highest BCUT2D eigenvalue weighted by atomic mass is 32.2. The summed E-state index contributed by atoms with van der Waals surface area (Å²) in [6.07, 6.45) is 0.767. The van der Waals surface area contributed by atoms with Gasteiger partial charge in [0.2, 0.25) is 5.91 Å². The van der Waals surface area contributed by atoms with Crippen LogP contribution in [0.25, 0.3) is 0 Å². The van der Waals surface area contributed by atoms with E-state index in [0.717, 1.165) is 0 Å². The number of thioether (sulfide) groups is 1. The molecule has 0 radical (unpaired) electrons. The largest absolute Gasteiger partial charge is 0.477 e. The molecular formula is C16H19N3O5S. The van der Waals surface area contributed by atoms with Gasteiger partial charge in [0.05, 0.1) is 25.2 Å². The van der Waals surface area contributed by atoms with Crippen molar-refractivity contribution < 1.29 is 24.5 Å². The molecule has 1 amide bonds. The van der Waals surface area contributed by atoms with Crippen LogP contribution in [0, 0.1) is 11.8 Å². The molecule has 1 saturated heterocycles. The van der Waals surface area contributed by atoms with Crippen LogP contribution >= 0.6 is 11.8 Å². The van der Waals surface area contributed by atoms with E-state index in [-0.39, 0.29) is 29.6 Å². The molecular weight excluding hydrogens is 346 g/mol. The Labute approximate surface area is 148 Å². The van der Waals surface area contributed by atoms with Crippen molar-refractivity contribution in [3.8, 4) is 6.01 Å². The lowest BCUT2D eigenvalue weighted by Crippen LogP contribution is -2.63. The Morgan fingerprint density at radius 1 is 1.52 bits per heavy atom. The fourth-order valence-corrected chi connectivity index (χ4v) is 4.49. The van der Waals surface area contributed by atoms with Gasteiger partial charge in [-0.15, -0.1) is 11.8 Å². The summed E-state index contributed by atoms with van der Waals surface area (Å²) >= 11 is 1.36. The second-order valence-electron chi connectivity index (χ2n) is 6.10.